The molecule has 0 spiro atoms. The highest BCUT2D eigenvalue weighted by Crippen LogP contribution is 2.47. The van der Waals surface area contributed by atoms with E-state index in [0.29, 0.717) is 0 Å². The Morgan fingerprint density at radius 1 is 0.263 bits per heavy atom. The Morgan fingerprint density at radius 3 is 1.39 bits per heavy atom. The molecule has 0 amide bonds. The maximum atomic E-state index is 2.50. The normalized spacial score (nSPS) is 11.9. The molecule has 0 fully saturated rings. The van der Waals surface area contributed by atoms with Crippen molar-refractivity contribution in [1.29, 1.82) is 0 Å². The van der Waals surface area contributed by atoms with Gasteiger partial charge in [-0.25, -0.2) is 0 Å². The predicted molar refractivity (Wildman–Crippen MR) is 240 cm³/mol. The Hall–Kier alpha value is -7.62. The predicted octanol–water partition coefficient (Wildman–Crippen LogP) is 14.3. The van der Waals surface area contributed by atoms with Crippen molar-refractivity contribution in [2.24, 2.45) is 0 Å². The van der Waals surface area contributed by atoms with Crippen LogP contribution in [0, 0.1) is 0 Å². The summed E-state index contributed by atoms with van der Waals surface area (Å²) in [6.07, 6.45) is 0. The maximum absolute atomic E-state index is 2.50. The Morgan fingerprint density at radius 2 is 0.737 bits per heavy atom. The molecule has 0 saturated carbocycles. The van der Waals surface area contributed by atoms with Crippen LogP contribution in [0.15, 0.2) is 212 Å². The Bertz CT molecular complexity index is 3500. The molecule has 57 heavy (non-hydrogen) atoms. The first-order valence-corrected chi connectivity index (χ1v) is 19.6. The molecular weight excluding hydrogens is 691 g/mol. The molecule has 3 nitrogen and oxygen atoms in total. The van der Waals surface area contributed by atoms with Crippen molar-refractivity contribution in [2.75, 3.05) is 0 Å². The quantitative estimate of drug-likeness (QED) is 0.168. The third kappa shape index (κ3) is 4.60. The van der Waals surface area contributed by atoms with E-state index in [1.54, 1.807) is 0 Å². The van der Waals surface area contributed by atoms with Crippen molar-refractivity contribution in [3.05, 3.63) is 212 Å². The highest BCUT2D eigenvalue weighted by molar-refractivity contribution is 6.29. The van der Waals surface area contributed by atoms with Crippen LogP contribution >= 0.6 is 0 Å². The molecule has 0 aliphatic rings. The third-order valence-electron chi connectivity index (χ3n) is 11.8. The molecule has 266 valence electrons. The first-order chi connectivity index (χ1) is 28.3. The summed E-state index contributed by atoms with van der Waals surface area (Å²) < 4.78 is 7.37. The summed E-state index contributed by atoms with van der Waals surface area (Å²) in [7, 11) is 0. The fourth-order valence-electron chi connectivity index (χ4n) is 9.55. The molecule has 0 aliphatic carbocycles. The van der Waals surface area contributed by atoms with Crippen LogP contribution in [0.5, 0.6) is 0 Å². The van der Waals surface area contributed by atoms with Crippen molar-refractivity contribution in [3.63, 3.8) is 0 Å². The minimum atomic E-state index is 1.15. The standard InChI is InChI=1S/C54H35N3/c1-4-18-36(19-5-1)51-41(32-33-42-40-25-11-14-28-45(40)56(54(42)51)38-22-8-3-9-23-38)39-24-10-15-29-46(39)57-48-31-17-13-27-44(48)53-50(57)35-34-49-52(53)43-26-12-16-30-47(43)55(49)37-20-6-2-7-21-37/h1-35H. The van der Waals surface area contributed by atoms with E-state index in [4.69, 9.17) is 0 Å². The van der Waals surface area contributed by atoms with Crippen molar-refractivity contribution < 1.29 is 0 Å². The Balaban J connectivity index is 1.21. The minimum absolute atomic E-state index is 1.15. The number of hydrogen-bond acceptors (Lipinski definition) is 0. The molecule has 0 N–H and O–H groups in total. The minimum Gasteiger partial charge on any atom is -0.309 e. The van der Waals surface area contributed by atoms with Gasteiger partial charge in [0.05, 0.1) is 38.8 Å². The molecule has 0 aliphatic heterocycles. The van der Waals surface area contributed by atoms with Crippen LogP contribution in [0.2, 0.25) is 0 Å². The van der Waals surface area contributed by atoms with Crippen LogP contribution in [0.25, 0.3) is 105 Å². The number of rotatable bonds is 5. The topological polar surface area (TPSA) is 14.8 Å². The molecule has 12 rings (SSSR count). The van der Waals surface area contributed by atoms with Crippen LogP contribution in [0.1, 0.15) is 0 Å². The van der Waals surface area contributed by atoms with Gasteiger partial charge in [0.25, 0.3) is 0 Å². The van der Waals surface area contributed by atoms with Gasteiger partial charge in [-0.3, -0.25) is 0 Å². The molecule has 3 heteroatoms. The average Bonchev–Trinajstić information content (AvgIpc) is 3.93. The van der Waals surface area contributed by atoms with E-state index >= 15 is 0 Å². The van der Waals surface area contributed by atoms with E-state index in [-0.39, 0.29) is 0 Å². The van der Waals surface area contributed by atoms with Crippen molar-refractivity contribution in [2.45, 2.75) is 0 Å². The van der Waals surface area contributed by atoms with E-state index in [2.05, 4.69) is 226 Å². The van der Waals surface area contributed by atoms with Crippen molar-refractivity contribution in [1.82, 2.24) is 13.7 Å². The van der Waals surface area contributed by atoms with Gasteiger partial charge in [-0.1, -0.05) is 152 Å². The van der Waals surface area contributed by atoms with Crippen LogP contribution in [-0.2, 0) is 0 Å². The van der Waals surface area contributed by atoms with Gasteiger partial charge in [-0.2, -0.15) is 0 Å². The second-order valence-corrected chi connectivity index (χ2v) is 14.9. The Labute approximate surface area is 329 Å². The molecule has 12 aromatic rings. The van der Waals surface area contributed by atoms with Crippen molar-refractivity contribution >= 4 is 65.4 Å². The van der Waals surface area contributed by atoms with E-state index in [0.717, 1.165) is 17.1 Å². The number of aromatic nitrogens is 3. The van der Waals surface area contributed by atoms with Gasteiger partial charge in [-0.15, -0.1) is 0 Å². The lowest BCUT2D eigenvalue weighted by Crippen LogP contribution is -2.00. The average molecular weight is 726 g/mol. The number of para-hydroxylation sites is 6. The van der Waals surface area contributed by atoms with Gasteiger partial charge < -0.3 is 13.7 Å². The van der Waals surface area contributed by atoms with E-state index in [1.807, 2.05) is 0 Å². The Kier molecular flexibility index (Phi) is 6.93. The fourth-order valence-corrected chi connectivity index (χ4v) is 9.55. The molecule has 0 radical (unpaired) electrons. The largest absolute Gasteiger partial charge is 0.309 e. The number of nitrogens with zero attached hydrogens (tertiary/aromatic N) is 3. The fraction of sp³-hybridized carbons (Fsp3) is 0. The SMILES string of the molecule is c1ccc(-c2c(-c3ccccc3-n3c4ccccc4c4c5c6ccccc6n(-c6ccccc6)c5ccc43)ccc3c4ccccc4n(-c4ccccc4)c23)cc1. The highest BCUT2D eigenvalue weighted by Gasteiger charge is 2.24. The first-order valence-electron chi connectivity index (χ1n) is 19.6. The molecule has 3 heterocycles. The zero-order valence-corrected chi connectivity index (χ0v) is 31.0. The summed E-state index contributed by atoms with van der Waals surface area (Å²) in [5.41, 5.74) is 15.4. The summed E-state index contributed by atoms with van der Waals surface area (Å²) in [4.78, 5) is 0. The van der Waals surface area contributed by atoms with Crippen molar-refractivity contribution in [3.8, 4) is 39.3 Å². The lowest BCUT2D eigenvalue weighted by Gasteiger charge is -2.19. The monoisotopic (exact) mass is 725 g/mol. The zero-order valence-electron chi connectivity index (χ0n) is 31.0. The highest BCUT2D eigenvalue weighted by atomic mass is 15.0. The molecule has 0 unspecified atom stereocenters. The van der Waals surface area contributed by atoms with E-state index in [9.17, 15) is 0 Å². The summed E-state index contributed by atoms with van der Waals surface area (Å²) in [5, 5.41) is 7.53. The molecule has 0 atom stereocenters. The molecule has 9 aromatic carbocycles. The zero-order chi connectivity index (χ0) is 37.5. The van der Waals surface area contributed by atoms with Gasteiger partial charge in [0.2, 0.25) is 0 Å². The summed E-state index contributed by atoms with van der Waals surface area (Å²) >= 11 is 0. The van der Waals surface area contributed by atoms with Gasteiger partial charge in [-0.05, 0) is 71.8 Å². The maximum Gasteiger partial charge on any atom is 0.0625 e. The first kappa shape index (κ1) is 31.7. The van der Waals surface area contributed by atoms with Gasteiger partial charge in [0.1, 0.15) is 0 Å². The van der Waals surface area contributed by atoms with Crippen LogP contribution in [-0.4, -0.2) is 13.7 Å². The lowest BCUT2D eigenvalue weighted by molar-refractivity contribution is 1.17. The summed E-state index contributed by atoms with van der Waals surface area (Å²) in [6.45, 7) is 0. The van der Waals surface area contributed by atoms with Crippen LogP contribution in [0.4, 0.5) is 0 Å². The molecule has 0 saturated heterocycles. The van der Waals surface area contributed by atoms with Gasteiger partial charge in [0, 0.05) is 54.8 Å². The number of hydrogen-bond donors (Lipinski definition) is 0. The van der Waals surface area contributed by atoms with E-state index < -0.39 is 0 Å². The summed E-state index contributed by atoms with van der Waals surface area (Å²) in [5.74, 6) is 0. The van der Waals surface area contributed by atoms with Gasteiger partial charge >= 0.3 is 0 Å². The van der Waals surface area contributed by atoms with Gasteiger partial charge in [0.15, 0.2) is 0 Å². The lowest BCUT2D eigenvalue weighted by atomic mass is 9.91. The third-order valence-corrected chi connectivity index (χ3v) is 11.8. The number of benzene rings is 9. The molecular formula is C54H35N3. The van der Waals surface area contributed by atoms with Crippen LogP contribution < -0.4 is 0 Å². The molecule has 0 bridgehead atoms. The molecule has 3 aromatic heterocycles. The van der Waals surface area contributed by atoms with Crippen LogP contribution in [0.3, 0.4) is 0 Å². The second kappa shape index (κ2) is 12.5. The summed E-state index contributed by atoms with van der Waals surface area (Å²) in [6, 6.07) is 77.4. The smallest absolute Gasteiger partial charge is 0.0625 e. The second-order valence-electron chi connectivity index (χ2n) is 14.9. The number of fused-ring (bicyclic) bond motifs is 10. The van der Waals surface area contributed by atoms with E-state index in [1.165, 1.54) is 87.7 Å².